The fourth-order valence-corrected chi connectivity index (χ4v) is 2.73. The third-order valence-electron chi connectivity index (χ3n) is 4.03. The van der Waals surface area contributed by atoms with Crippen LogP contribution in [-0.4, -0.2) is 30.6 Å². The summed E-state index contributed by atoms with van der Waals surface area (Å²) in [5.74, 6) is -0.0717. The molecule has 0 atom stereocenters. The van der Waals surface area contributed by atoms with Gasteiger partial charge in [-0.15, -0.1) is 16.8 Å². The fraction of sp³-hybridized carbons (Fsp3) is 0.222. The molecule has 0 aliphatic carbocycles. The summed E-state index contributed by atoms with van der Waals surface area (Å²) in [6.07, 6.45) is 1.79. The molecule has 128 valence electrons. The first-order valence-corrected chi connectivity index (χ1v) is 7.84. The van der Waals surface area contributed by atoms with Crippen molar-refractivity contribution in [3.63, 3.8) is 0 Å². The lowest BCUT2D eigenvalue weighted by Gasteiger charge is -2.06. The average Bonchev–Trinajstić information content (AvgIpc) is 3.15. The number of benzene rings is 1. The number of Topliss-reactive ketones (excluding diaryl/α,β-unsaturated/α-hetero) is 1. The second kappa shape index (κ2) is 6.80. The van der Waals surface area contributed by atoms with Crippen LogP contribution in [0.1, 0.15) is 21.7 Å². The van der Waals surface area contributed by atoms with E-state index in [0.29, 0.717) is 23.5 Å². The minimum atomic E-state index is -0.332. The number of halogens is 1. The zero-order valence-corrected chi connectivity index (χ0v) is 14.1. The molecule has 3 rings (SSSR count). The third kappa shape index (κ3) is 3.40. The van der Waals surface area contributed by atoms with Gasteiger partial charge < -0.3 is 4.57 Å². The van der Waals surface area contributed by atoms with E-state index in [4.69, 9.17) is 0 Å². The summed E-state index contributed by atoms with van der Waals surface area (Å²) in [5, 5.41) is 12.0. The van der Waals surface area contributed by atoms with Gasteiger partial charge in [-0.3, -0.25) is 4.79 Å². The van der Waals surface area contributed by atoms with Gasteiger partial charge in [-0.05, 0) is 49.4 Å². The van der Waals surface area contributed by atoms with Crippen molar-refractivity contribution in [2.45, 2.75) is 26.9 Å². The Morgan fingerprint density at radius 3 is 2.68 bits per heavy atom. The van der Waals surface area contributed by atoms with E-state index in [-0.39, 0.29) is 18.1 Å². The van der Waals surface area contributed by atoms with Gasteiger partial charge in [0.25, 0.3) is 0 Å². The summed E-state index contributed by atoms with van der Waals surface area (Å²) in [6, 6.07) is 7.66. The van der Waals surface area contributed by atoms with Crippen LogP contribution in [0.5, 0.6) is 0 Å². The van der Waals surface area contributed by atoms with E-state index in [9.17, 15) is 9.18 Å². The van der Waals surface area contributed by atoms with Gasteiger partial charge in [0.15, 0.2) is 5.78 Å². The van der Waals surface area contributed by atoms with Crippen molar-refractivity contribution < 1.29 is 9.18 Å². The lowest BCUT2D eigenvalue weighted by atomic mass is 10.1. The molecule has 2 aromatic heterocycles. The molecular formula is C18H18FN5O. The van der Waals surface area contributed by atoms with E-state index >= 15 is 0 Å². The smallest absolute Gasteiger partial charge is 0.204 e. The molecule has 0 N–H and O–H groups in total. The largest absolute Gasteiger partial charge is 0.345 e. The molecule has 7 heteroatoms. The lowest BCUT2D eigenvalue weighted by molar-refractivity contribution is 0.0960. The minimum Gasteiger partial charge on any atom is -0.345 e. The first kappa shape index (κ1) is 16.8. The summed E-state index contributed by atoms with van der Waals surface area (Å²) in [5.41, 5.74) is 3.17. The molecule has 1 aromatic carbocycles. The van der Waals surface area contributed by atoms with Crippen LogP contribution in [0.25, 0.3) is 11.4 Å². The maximum Gasteiger partial charge on any atom is 0.204 e. The van der Waals surface area contributed by atoms with Gasteiger partial charge in [-0.25, -0.2) is 4.39 Å². The number of hydrogen-bond acceptors (Lipinski definition) is 4. The molecule has 0 fully saturated rings. The number of aryl methyl sites for hydroxylation is 1. The Balaban J connectivity index is 1.79. The molecule has 0 aliphatic rings. The minimum absolute atomic E-state index is 0.00736. The van der Waals surface area contributed by atoms with Crippen LogP contribution in [0.3, 0.4) is 0 Å². The van der Waals surface area contributed by atoms with Gasteiger partial charge in [-0.2, -0.15) is 4.80 Å². The Bertz CT molecular complexity index is 924. The summed E-state index contributed by atoms with van der Waals surface area (Å²) in [6.45, 7) is 8.24. The Labute approximate surface area is 144 Å². The van der Waals surface area contributed by atoms with Crippen molar-refractivity contribution in [2.75, 3.05) is 0 Å². The van der Waals surface area contributed by atoms with Crippen molar-refractivity contribution >= 4 is 5.78 Å². The number of nitrogens with zero attached hydrogens (tertiary/aromatic N) is 5. The highest BCUT2D eigenvalue weighted by atomic mass is 19.1. The van der Waals surface area contributed by atoms with Crippen molar-refractivity contribution in [1.29, 1.82) is 0 Å². The van der Waals surface area contributed by atoms with Gasteiger partial charge in [0.1, 0.15) is 12.4 Å². The molecule has 6 nitrogen and oxygen atoms in total. The van der Waals surface area contributed by atoms with Crippen LogP contribution in [0, 0.1) is 19.7 Å². The van der Waals surface area contributed by atoms with Crippen LogP contribution < -0.4 is 0 Å². The monoisotopic (exact) mass is 339 g/mol. The maximum absolute atomic E-state index is 13.0. The molecule has 0 bridgehead atoms. The zero-order chi connectivity index (χ0) is 18.0. The molecule has 0 spiro atoms. The first-order valence-electron chi connectivity index (χ1n) is 7.84. The molecule has 0 saturated carbocycles. The van der Waals surface area contributed by atoms with Crippen LogP contribution in [0.4, 0.5) is 4.39 Å². The summed E-state index contributed by atoms with van der Waals surface area (Å²) >= 11 is 0. The van der Waals surface area contributed by atoms with Crippen molar-refractivity contribution in [1.82, 2.24) is 24.8 Å². The van der Waals surface area contributed by atoms with Crippen LogP contribution >= 0.6 is 0 Å². The Hall–Kier alpha value is -3.09. The van der Waals surface area contributed by atoms with E-state index in [1.807, 2.05) is 24.5 Å². The second-order valence-electron chi connectivity index (χ2n) is 5.76. The van der Waals surface area contributed by atoms with E-state index in [0.717, 1.165) is 11.4 Å². The number of allylic oxidation sites excluding steroid dienone is 1. The SMILES string of the molecule is C=CCn1c(C)cc(C(=O)Cn2nnc(-c3ccc(F)cc3)n2)c1C. The van der Waals surface area contributed by atoms with Crippen LogP contribution in [0.15, 0.2) is 43.0 Å². The highest BCUT2D eigenvalue weighted by Gasteiger charge is 2.17. The fourth-order valence-electron chi connectivity index (χ4n) is 2.73. The van der Waals surface area contributed by atoms with E-state index in [2.05, 4.69) is 22.0 Å². The highest BCUT2D eigenvalue weighted by Crippen LogP contribution is 2.17. The molecule has 0 unspecified atom stereocenters. The molecule has 25 heavy (non-hydrogen) atoms. The number of rotatable bonds is 6. The normalized spacial score (nSPS) is 10.8. The van der Waals surface area contributed by atoms with Gasteiger partial charge in [-0.1, -0.05) is 6.08 Å². The van der Waals surface area contributed by atoms with Crippen molar-refractivity contribution in [3.8, 4) is 11.4 Å². The number of tetrazole rings is 1. The molecular weight excluding hydrogens is 321 g/mol. The third-order valence-corrected chi connectivity index (χ3v) is 4.03. The zero-order valence-electron chi connectivity index (χ0n) is 14.1. The lowest BCUT2D eigenvalue weighted by Crippen LogP contribution is -2.14. The summed E-state index contributed by atoms with van der Waals surface area (Å²) < 4.78 is 15.0. The average molecular weight is 339 g/mol. The van der Waals surface area contributed by atoms with Crippen molar-refractivity contribution in [2.24, 2.45) is 0 Å². The molecule has 0 radical (unpaired) electrons. The molecule has 3 aromatic rings. The van der Waals surface area contributed by atoms with E-state index in [1.165, 1.54) is 16.9 Å². The first-order chi connectivity index (χ1) is 12.0. The molecule has 0 aliphatic heterocycles. The quantitative estimate of drug-likeness (QED) is 0.511. The Kier molecular flexibility index (Phi) is 4.56. The van der Waals surface area contributed by atoms with Gasteiger partial charge >= 0.3 is 0 Å². The van der Waals surface area contributed by atoms with E-state index in [1.54, 1.807) is 18.2 Å². The van der Waals surface area contributed by atoms with Crippen LogP contribution in [0.2, 0.25) is 0 Å². The van der Waals surface area contributed by atoms with Gasteiger partial charge in [0.05, 0.1) is 0 Å². The predicted octanol–water partition coefficient (Wildman–Crippen LogP) is 2.97. The summed E-state index contributed by atoms with van der Waals surface area (Å²) in [4.78, 5) is 13.8. The number of carbonyl (C=O) groups is 1. The maximum atomic E-state index is 13.0. The Morgan fingerprint density at radius 1 is 1.28 bits per heavy atom. The Morgan fingerprint density at radius 2 is 2.00 bits per heavy atom. The molecule has 0 amide bonds. The number of hydrogen-bond donors (Lipinski definition) is 0. The number of aromatic nitrogens is 5. The number of ketones is 1. The predicted molar refractivity (Wildman–Crippen MR) is 91.6 cm³/mol. The van der Waals surface area contributed by atoms with Gasteiger partial charge in [0, 0.05) is 29.1 Å². The number of carbonyl (C=O) groups excluding carboxylic acids is 1. The summed E-state index contributed by atoms with van der Waals surface area (Å²) in [7, 11) is 0. The second-order valence-corrected chi connectivity index (χ2v) is 5.76. The molecule has 2 heterocycles. The van der Waals surface area contributed by atoms with Crippen molar-refractivity contribution in [3.05, 3.63) is 65.8 Å². The highest BCUT2D eigenvalue weighted by molar-refractivity contribution is 5.97. The molecule has 0 saturated heterocycles. The van der Waals surface area contributed by atoms with Gasteiger partial charge in [0.2, 0.25) is 5.82 Å². The van der Waals surface area contributed by atoms with E-state index < -0.39 is 0 Å². The van der Waals surface area contributed by atoms with Crippen LogP contribution in [-0.2, 0) is 13.1 Å². The standard InChI is InChI=1S/C18H18FN5O/c1-4-9-23-12(2)10-16(13(23)3)17(25)11-24-21-18(20-22-24)14-5-7-15(19)8-6-14/h4-8,10H,1,9,11H2,2-3H3. The topological polar surface area (TPSA) is 65.6 Å².